The molecule has 0 unspecified atom stereocenters. The molecule has 0 aliphatic carbocycles. The number of hydrogen-bond acceptors (Lipinski definition) is 4. The van der Waals surface area contributed by atoms with Crippen LogP contribution in [0.5, 0.6) is 0 Å². The Morgan fingerprint density at radius 1 is 1.14 bits per heavy atom. The van der Waals surface area contributed by atoms with Crippen molar-refractivity contribution < 1.29 is 19.5 Å². The third kappa shape index (κ3) is 3.54. The first-order chi connectivity index (χ1) is 13.5. The molecule has 6 nitrogen and oxygen atoms in total. The lowest BCUT2D eigenvalue weighted by Crippen LogP contribution is -2.59. The van der Waals surface area contributed by atoms with E-state index in [2.05, 4.69) is 5.32 Å². The minimum absolute atomic E-state index is 0.123. The number of hydrogen-bond donors (Lipinski definition) is 2. The van der Waals surface area contributed by atoms with E-state index in [9.17, 15) is 19.5 Å². The third-order valence-electron chi connectivity index (χ3n) is 5.48. The van der Waals surface area contributed by atoms with E-state index in [1.165, 1.54) is 16.2 Å². The molecule has 2 amide bonds. The highest BCUT2D eigenvalue weighted by atomic mass is 32.1. The maximum Gasteiger partial charge on any atom is 0.326 e. The highest BCUT2D eigenvalue weighted by molar-refractivity contribution is 7.20. The number of carbonyl (C=O) groups is 3. The Bertz CT molecular complexity index is 918. The van der Waals surface area contributed by atoms with Crippen molar-refractivity contribution in [1.29, 1.82) is 0 Å². The van der Waals surface area contributed by atoms with Crippen LogP contribution < -0.4 is 5.32 Å². The molecule has 2 aliphatic heterocycles. The van der Waals surface area contributed by atoms with Crippen molar-refractivity contribution in [2.45, 2.75) is 50.2 Å². The summed E-state index contributed by atoms with van der Waals surface area (Å²) in [5.41, 5.74) is 0. The van der Waals surface area contributed by atoms with Gasteiger partial charge in [0.15, 0.2) is 0 Å². The molecule has 2 aliphatic rings. The van der Waals surface area contributed by atoms with Gasteiger partial charge in [0.1, 0.15) is 12.1 Å². The first kappa shape index (κ1) is 18.7. The molecule has 3 heterocycles. The van der Waals surface area contributed by atoms with E-state index in [-0.39, 0.29) is 17.9 Å². The monoisotopic (exact) mass is 398 g/mol. The first-order valence-electron chi connectivity index (χ1n) is 9.54. The lowest BCUT2D eigenvalue weighted by molar-refractivity contribution is -0.156. The number of aliphatic carboxylic acids is 1. The molecule has 0 spiro atoms. The van der Waals surface area contributed by atoms with Crippen LogP contribution in [0.3, 0.4) is 0 Å². The van der Waals surface area contributed by atoms with Crippen LogP contribution in [0.2, 0.25) is 0 Å². The summed E-state index contributed by atoms with van der Waals surface area (Å²) in [5.74, 6) is -1.57. The van der Waals surface area contributed by atoms with Crippen LogP contribution in [0.1, 0.15) is 41.8 Å². The normalized spacial score (nSPS) is 26.2. The first-order valence-corrected chi connectivity index (χ1v) is 10.4. The van der Waals surface area contributed by atoms with Crippen molar-refractivity contribution in [1.82, 2.24) is 10.2 Å². The molecule has 1 saturated heterocycles. The number of carboxylic acids is 1. The summed E-state index contributed by atoms with van der Waals surface area (Å²) < 4.78 is 1.01. The number of fused-ring (bicyclic) bond motifs is 2. The van der Waals surface area contributed by atoms with Gasteiger partial charge in [0.05, 0.1) is 4.88 Å². The molecule has 2 N–H and O–H groups in total. The van der Waals surface area contributed by atoms with Crippen molar-refractivity contribution in [3.8, 4) is 0 Å². The van der Waals surface area contributed by atoms with Crippen molar-refractivity contribution in [2.24, 2.45) is 0 Å². The van der Waals surface area contributed by atoms with E-state index < -0.39 is 18.1 Å². The highest BCUT2D eigenvalue weighted by Crippen LogP contribution is 2.29. The zero-order valence-corrected chi connectivity index (χ0v) is 16.2. The summed E-state index contributed by atoms with van der Waals surface area (Å²) in [7, 11) is 0. The van der Waals surface area contributed by atoms with Crippen LogP contribution in [0.15, 0.2) is 42.5 Å². The van der Waals surface area contributed by atoms with Gasteiger partial charge in [-0.15, -0.1) is 11.3 Å². The Kier molecular flexibility index (Phi) is 5.17. The fourth-order valence-electron chi connectivity index (χ4n) is 4.10. The molecule has 28 heavy (non-hydrogen) atoms. The number of carboxylic acid groups (broad SMARTS) is 1. The van der Waals surface area contributed by atoms with Crippen molar-refractivity contribution in [2.75, 3.05) is 0 Å². The van der Waals surface area contributed by atoms with Gasteiger partial charge in [0, 0.05) is 10.7 Å². The average molecular weight is 398 g/mol. The number of nitrogens with zero attached hydrogens (tertiary/aromatic N) is 1. The smallest absolute Gasteiger partial charge is 0.326 e. The Hall–Kier alpha value is -2.67. The van der Waals surface area contributed by atoms with E-state index in [0.717, 1.165) is 22.9 Å². The van der Waals surface area contributed by atoms with Gasteiger partial charge in [-0.1, -0.05) is 30.4 Å². The zero-order valence-electron chi connectivity index (χ0n) is 15.3. The molecule has 0 bridgehead atoms. The van der Waals surface area contributed by atoms with Crippen molar-refractivity contribution in [3.63, 3.8) is 0 Å². The van der Waals surface area contributed by atoms with Gasteiger partial charge in [-0.3, -0.25) is 9.59 Å². The summed E-state index contributed by atoms with van der Waals surface area (Å²) in [5, 5.41) is 13.4. The van der Waals surface area contributed by atoms with E-state index in [1.54, 1.807) is 0 Å². The van der Waals surface area contributed by atoms with E-state index in [1.807, 2.05) is 42.5 Å². The summed E-state index contributed by atoms with van der Waals surface area (Å²) in [6, 6.07) is 7.87. The Labute approximate surface area is 166 Å². The maximum absolute atomic E-state index is 13.2. The molecule has 1 aromatic heterocycles. The number of piperidine rings is 1. The topological polar surface area (TPSA) is 86.7 Å². The minimum atomic E-state index is -0.975. The second kappa shape index (κ2) is 7.75. The van der Waals surface area contributed by atoms with Crippen molar-refractivity contribution >= 4 is 39.2 Å². The van der Waals surface area contributed by atoms with Gasteiger partial charge in [-0.05, 0) is 49.6 Å². The summed E-state index contributed by atoms with van der Waals surface area (Å²) in [6.45, 7) is 0. The number of thiophene rings is 1. The number of rotatable bonds is 3. The predicted octanol–water partition coefficient (Wildman–Crippen LogP) is 3.18. The zero-order chi connectivity index (χ0) is 19.7. The molecule has 0 saturated carbocycles. The van der Waals surface area contributed by atoms with Crippen molar-refractivity contribution in [3.05, 3.63) is 47.4 Å². The second-order valence-electron chi connectivity index (χ2n) is 7.30. The molecule has 1 fully saturated rings. The van der Waals surface area contributed by atoms with Crippen LogP contribution in [0.4, 0.5) is 0 Å². The van der Waals surface area contributed by atoms with Crippen LogP contribution in [0, 0.1) is 0 Å². The molecule has 1 aromatic carbocycles. The van der Waals surface area contributed by atoms with Gasteiger partial charge in [-0.25, -0.2) is 4.79 Å². The summed E-state index contributed by atoms with van der Waals surface area (Å²) in [4.78, 5) is 39.8. The summed E-state index contributed by atoms with van der Waals surface area (Å²) >= 11 is 1.38. The number of nitrogens with one attached hydrogen (secondary N) is 1. The Balaban J connectivity index is 1.58. The third-order valence-corrected chi connectivity index (χ3v) is 6.60. The molecular formula is C21H22N2O4S. The average Bonchev–Trinajstić information content (AvgIpc) is 3.12. The van der Waals surface area contributed by atoms with Gasteiger partial charge >= 0.3 is 5.97 Å². The molecule has 146 valence electrons. The quantitative estimate of drug-likeness (QED) is 0.778. The molecule has 0 radical (unpaired) electrons. The molecular weight excluding hydrogens is 376 g/mol. The van der Waals surface area contributed by atoms with Crippen LogP contribution in [-0.4, -0.2) is 45.9 Å². The highest BCUT2D eigenvalue weighted by Gasteiger charge is 2.41. The molecule has 4 rings (SSSR count). The fourth-order valence-corrected chi connectivity index (χ4v) is 5.06. The largest absolute Gasteiger partial charge is 0.480 e. The van der Waals surface area contributed by atoms with E-state index in [4.69, 9.17) is 0 Å². The van der Waals surface area contributed by atoms with Crippen LogP contribution in [-0.2, 0) is 9.59 Å². The van der Waals surface area contributed by atoms with E-state index >= 15 is 0 Å². The number of carbonyl (C=O) groups excluding carboxylic acids is 2. The maximum atomic E-state index is 13.2. The van der Waals surface area contributed by atoms with Gasteiger partial charge in [-0.2, -0.15) is 0 Å². The van der Waals surface area contributed by atoms with Crippen LogP contribution >= 0.6 is 11.3 Å². The van der Waals surface area contributed by atoms with Gasteiger partial charge < -0.3 is 15.3 Å². The minimum Gasteiger partial charge on any atom is -0.480 e. The SMILES string of the molecule is O=C(N[C@H]1C/C=C\C[C@H]2CCC[C@@H](C(=O)O)N2C1=O)c1cc2ccccc2s1. The standard InChI is InChI=1S/C21H22N2O4S/c24-19(18-12-13-6-1-4-11-17(13)28-18)22-15-9-3-2-7-14-8-5-10-16(21(26)27)23(14)20(15)25/h1-4,6,11-12,14-16H,5,7-10H2,(H,22,24)(H,26,27)/b3-2-/t14-,15-,16-/m0/s1. The molecule has 7 heteroatoms. The van der Waals surface area contributed by atoms with Gasteiger partial charge in [0.2, 0.25) is 5.91 Å². The lowest BCUT2D eigenvalue weighted by atomic mass is 9.90. The summed E-state index contributed by atoms with van der Waals surface area (Å²) in [6.07, 6.45) is 6.97. The number of benzene rings is 1. The molecule has 3 atom stereocenters. The fraction of sp³-hybridized carbons (Fsp3) is 0.381. The van der Waals surface area contributed by atoms with E-state index in [0.29, 0.717) is 24.1 Å². The predicted molar refractivity (Wildman–Crippen MR) is 107 cm³/mol. The Morgan fingerprint density at radius 3 is 2.71 bits per heavy atom. The second-order valence-corrected chi connectivity index (χ2v) is 8.39. The number of amides is 2. The molecule has 2 aromatic rings. The Morgan fingerprint density at radius 2 is 1.93 bits per heavy atom. The van der Waals surface area contributed by atoms with Crippen LogP contribution in [0.25, 0.3) is 10.1 Å². The lowest BCUT2D eigenvalue weighted by Gasteiger charge is -2.42. The van der Waals surface area contributed by atoms with Gasteiger partial charge in [0.25, 0.3) is 5.91 Å².